The molecule has 0 unspecified atom stereocenters. The monoisotopic (exact) mass is 590 g/mol. The summed E-state index contributed by atoms with van der Waals surface area (Å²) in [7, 11) is -1.33. The Bertz CT molecular complexity index is 1250. The molecule has 214 valence electrons. The van der Waals surface area contributed by atoms with E-state index in [1.807, 2.05) is 7.05 Å². The summed E-state index contributed by atoms with van der Waals surface area (Å²) in [5, 5.41) is 9.29. The van der Waals surface area contributed by atoms with E-state index in [2.05, 4.69) is 4.90 Å². The topological polar surface area (TPSA) is 129 Å². The van der Waals surface area contributed by atoms with Crippen LogP contribution in [0.1, 0.15) is 12.8 Å². The second-order valence-electron chi connectivity index (χ2n) is 8.95. The molecule has 1 aliphatic heterocycles. The standard InChI is InChI=1S/C24H29ClF2N4O7S/c1-29-9-7-18(8-10-29)38-24(33)30(2)11-12-31(15-22(32)28-34)39(35,36)19-13-20(26)23(21(27)14-19)37-17-5-3-16(25)4-6-17/h3-6,13-14,18,34H,7-12,15H2,1-2H3,(H,28,32). The first-order valence-corrected chi connectivity index (χ1v) is 13.7. The van der Waals surface area contributed by atoms with Crippen LogP contribution >= 0.6 is 11.6 Å². The van der Waals surface area contributed by atoms with Crippen LogP contribution in [-0.4, -0.2) is 92.7 Å². The zero-order valence-electron chi connectivity index (χ0n) is 21.3. The molecule has 2 N–H and O–H groups in total. The summed E-state index contributed by atoms with van der Waals surface area (Å²) in [5.74, 6) is -4.50. The maximum absolute atomic E-state index is 14.8. The van der Waals surface area contributed by atoms with Crippen molar-refractivity contribution in [3.05, 3.63) is 53.1 Å². The second-order valence-corrected chi connectivity index (χ2v) is 11.3. The largest absolute Gasteiger partial charge is 0.451 e. The van der Waals surface area contributed by atoms with E-state index in [-0.39, 0.29) is 18.4 Å². The first kappa shape index (κ1) is 30.5. The third-order valence-corrected chi connectivity index (χ3v) is 8.09. The van der Waals surface area contributed by atoms with Crippen molar-refractivity contribution in [3.8, 4) is 11.5 Å². The number of benzene rings is 2. The number of ether oxygens (including phenoxy) is 2. The Balaban J connectivity index is 1.75. The number of sulfonamides is 1. The van der Waals surface area contributed by atoms with E-state index in [1.165, 1.54) is 36.8 Å². The number of amides is 2. The van der Waals surface area contributed by atoms with Crippen molar-refractivity contribution in [3.63, 3.8) is 0 Å². The number of carbonyl (C=O) groups excluding carboxylic acids is 2. The van der Waals surface area contributed by atoms with Crippen LogP contribution in [0.15, 0.2) is 41.3 Å². The molecule has 1 heterocycles. The molecule has 0 saturated carbocycles. The molecule has 0 atom stereocenters. The minimum atomic E-state index is -4.68. The fraction of sp³-hybridized carbons (Fsp3) is 0.417. The molecule has 1 fully saturated rings. The third-order valence-electron chi connectivity index (χ3n) is 6.02. The van der Waals surface area contributed by atoms with E-state index in [1.54, 1.807) is 0 Å². The van der Waals surface area contributed by atoms with Crippen molar-refractivity contribution in [1.29, 1.82) is 0 Å². The van der Waals surface area contributed by atoms with Gasteiger partial charge in [-0.25, -0.2) is 27.5 Å². The van der Waals surface area contributed by atoms with E-state index in [4.69, 9.17) is 26.3 Å². The number of carbonyl (C=O) groups is 2. The van der Waals surface area contributed by atoms with Crippen molar-refractivity contribution in [1.82, 2.24) is 19.6 Å². The van der Waals surface area contributed by atoms with E-state index in [0.29, 0.717) is 34.3 Å². The minimum absolute atomic E-state index is 0.0595. The fourth-order valence-corrected chi connectivity index (χ4v) is 5.26. The zero-order valence-corrected chi connectivity index (χ0v) is 22.8. The SMILES string of the molecule is CN1CCC(OC(=O)N(C)CCN(CC(=O)NO)S(=O)(=O)c2cc(F)c(Oc3ccc(Cl)cc3)c(F)c2)CC1. The number of piperidine rings is 1. The van der Waals surface area contributed by atoms with Crippen LogP contribution in [0.4, 0.5) is 13.6 Å². The van der Waals surface area contributed by atoms with Gasteiger partial charge in [0.25, 0.3) is 5.91 Å². The van der Waals surface area contributed by atoms with Gasteiger partial charge >= 0.3 is 6.09 Å². The van der Waals surface area contributed by atoms with Crippen molar-refractivity contribution < 1.29 is 41.5 Å². The molecule has 2 amide bonds. The molecule has 15 heteroatoms. The first-order chi connectivity index (χ1) is 18.4. The average molecular weight is 591 g/mol. The van der Waals surface area contributed by atoms with E-state index in [0.717, 1.165) is 18.0 Å². The molecule has 0 spiro atoms. The lowest BCUT2D eigenvalue weighted by Crippen LogP contribution is -2.45. The number of hydroxylamine groups is 1. The molecule has 2 aromatic carbocycles. The Morgan fingerprint density at radius 1 is 1.13 bits per heavy atom. The van der Waals surface area contributed by atoms with Gasteiger partial charge in [0.1, 0.15) is 11.9 Å². The number of hydrogen-bond donors (Lipinski definition) is 2. The predicted molar refractivity (Wildman–Crippen MR) is 136 cm³/mol. The molecule has 2 aromatic rings. The zero-order chi connectivity index (χ0) is 28.7. The van der Waals surface area contributed by atoms with Gasteiger partial charge in [0.05, 0.1) is 11.4 Å². The highest BCUT2D eigenvalue weighted by Crippen LogP contribution is 2.31. The number of nitrogens with one attached hydrogen (secondary N) is 1. The molecule has 1 aliphatic rings. The van der Waals surface area contributed by atoms with Crippen LogP contribution in [-0.2, 0) is 19.6 Å². The Hall–Kier alpha value is -3.04. The summed E-state index contributed by atoms with van der Waals surface area (Å²) >= 11 is 5.79. The van der Waals surface area contributed by atoms with Gasteiger partial charge in [-0.1, -0.05) is 11.6 Å². The van der Waals surface area contributed by atoms with Crippen molar-refractivity contribution in [2.24, 2.45) is 0 Å². The third kappa shape index (κ3) is 8.22. The average Bonchev–Trinajstić information content (AvgIpc) is 2.90. The highest BCUT2D eigenvalue weighted by molar-refractivity contribution is 7.89. The van der Waals surface area contributed by atoms with Gasteiger partial charge in [-0.2, -0.15) is 4.31 Å². The van der Waals surface area contributed by atoms with Gasteiger partial charge in [-0.05, 0) is 56.3 Å². The lowest BCUT2D eigenvalue weighted by Gasteiger charge is -2.30. The van der Waals surface area contributed by atoms with Gasteiger partial charge in [0.15, 0.2) is 17.4 Å². The molecule has 11 nitrogen and oxygen atoms in total. The Kier molecular flexibility index (Phi) is 10.4. The van der Waals surface area contributed by atoms with Gasteiger partial charge in [-0.3, -0.25) is 10.0 Å². The van der Waals surface area contributed by atoms with E-state index in [9.17, 15) is 26.8 Å². The number of nitrogens with zero attached hydrogens (tertiary/aromatic N) is 3. The highest BCUT2D eigenvalue weighted by atomic mass is 35.5. The number of hydrogen-bond acceptors (Lipinski definition) is 8. The Labute approximate surface area is 229 Å². The van der Waals surface area contributed by atoms with E-state index < -0.39 is 57.4 Å². The number of likely N-dealkylation sites (N-methyl/N-ethyl adjacent to an activating group) is 1. The molecular weight excluding hydrogens is 562 g/mol. The molecule has 0 aromatic heterocycles. The summed E-state index contributed by atoms with van der Waals surface area (Å²) < 4.78 is 67.4. The van der Waals surface area contributed by atoms with Gasteiger partial charge in [0.2, 0.25) is 10.0 Å². The quantitative estimate of drug-likeness (QED) is 0.319. The lowest BCUT2D eigenvalue weighted by molar-refractivity contribution is -0.129. The van der Waals surface area contributed by atoms with Crippen molar-refractivity contribution in [2.45, 2.75) is 23.8 Å². The highest BCUT2D eigenvalue weighted by Gasteiger charge is 2.30. The van der Waals surface area contributed by atoms with Crippen LogP contribution < -0.4 is 10.2 Å². The van der Waals surface area contributed by atoms with Crippen LogP contribution in [0.2, 0.25) is 5.02 Å². The maximum atomic E-state index is 14.8. The number of likely N-dealkylation sites (tertiary alicyclic amines) is 1. The molecule has 0 radical (unpaired) electrons. The van der Waals surface area contributed by atoms with Gasteiger partial charge in [0, 0.05) is 38.2 Å². The Morgan fingerprint density at radius 2 is 1.72 bits per heavy atom. The van der Waals surface area contributed by atoms with Crippen LogP contribution in [0.5, 0.6) is 11.5 Å². The fourth-order valence-electron chi connectivity index (χ4n) is 3.72. The summed E-state index contributed by atoms with van der Waals surface area (Å²) in [6.07, 6.45) is 0.342. The molecule has 39 heavy (non-hydrogen) atoms. The second kappa shape index (κ2) is 13.3. The molecule has 3 rings (SSSR count). The summed E-state index contributed by atoms with van der Waals surface area (Å²) in [6, 6.07) is 6.72. The Morgan fingerprint density at radius 3 is 2.28 bits per heavy atom. The van der Waals surface area contributed by atoms with Crippen LogP contribution in [0.25, 0.3) is 0 Å². The number of halogens is 3. The van der Waals surface area contributed by atoms with Crippen LogP contribution in [0, 0.1) is 11.6 Å². The van der Waals surface area contributed by atoms with Crippen molar-refractivity contribution >= 4 is 33.6 Å². The molecule has 0 bridgehead atoms. The van der Waals surface area contributed by atoms with E-state index >= 15 is 0 Å². The first-order valence-electron chi connectivity index (χ1n) is 11.9. The summed E-state index contributed by atoms with van der Waals surface area (Å²) in [5.41, 5.74) is 1.32. The summed E-state index contributed by atoms with van der Waals surface area (Å²) in [6.45, 7) is -0.0166. The minimum Gasteiger partial charge on any atom is -0.451 e. The molecular formula is C24H29ClF2N4O7S. The lowest BCUT2D eigenvalue weighted by atomic mass is 10.1. The normalized spacial score (nSPS) is 14.7. The maximum Gasteiger partial charge on any atom is 0.409 e. The molecule has 1 saturated heterocycles. The van der Waals surface area contributed by atoms with Crippen LogP contribution in [0.3, 0.4) is 0 Å². The summed E-state index contributed by atoms with van der Waals surface area (Å²) in [4.78, 5) is 26.7. The predicted octanol–water partition coefficient (Wildman–Crippen LogP) is 3.07. The van der Waals surface area contributed by atoms with Crippen molar-refractivity contribution in [2.75, 3.05) is 46.8 Å². The van der Waals surface area contributed by atoms with Gasteiger partial charge in [-0.15, -0.1) is 0 Å². The smallest absolute Gasteiger partial charge is 0.409 e. The van der Waals surface area contributed by atoms with Gasteiger partial charge < -0.3 is 19.3 Å². The molecule has 0 aliphatic carbocycles. The number of rotatable bonds is 10.